The molecule has 0 N–H and O–H groups in total. The molecule has 0 unspecified atom stereocenters. The summed E-state index contributed by atoms with van der Waals surface area (Å²) in [7, 11) is 1.63. The average Bonchev–Trinajstić information content (AvgIpc) is 3.02. The van der Waals surface area contributed by atoms with E-state index in [0.717, 1.165) is 22.4 Å². The highest BCUT2D eigenvalue weighted by molar-refractivity contribution is 8.01. The third kappa shape index (κ3) is 5.30. The number of aliphatic imine (C=N–C) groups is 1. The predicted octanol–water partition coefficient (Wildman–Crippen LogP) is 7.61. The third-order valence-corrected chi connectivity index (χ3v) is 8.63. The van der Waals surface area contributed by atoms with E-state index < -0.39 is 17.1 Å². The van der Waals surface area contributed by atoms with Crippen LogP contribution in [0.2, 0.25) is 5.02 Å². The van der Waals surface area contributed by atoms with E-state index in [9.17, 15) is 4.79 Å². The molecule has 0 amide bonds. The molecule has 2 aliphatic rings. The molecule has 2 aromatic carbocycles. The molecule has 2 aromatic rings. The summed E-state index contributed by atoms with van der Waals surface area (Å²) in [6.07, 6.45) is 0.348. The van der Waals surface area contributed by atoms with Gasteiger partial charge in [-0.2, -0.15) is 8.78 Å². The number of esters is 1. The Kier molecular flexibility index (Phi) is 8.72. The van der Waals surface area contributed by atoms with E-state index in [1.807, 2.05) is 24.3 Å². The van der Waals surface area contributed by atoms with Crippen LogP contribution in [0.3, 0.4) is 0 Å². The molecule has 0 fully saturated rings. The van der Waals surface area contributed by atoms with E-state index in [-0.39, 0.29) is 36.9 Å². The number of ether oxygens (including phenoxy) is 2. The molecule has 2 atom stereocenters. The minimum Gasteiger partial charge on any atom is -0.496 e. The van der Waals surface area contributed by atoms with Crippen molar-refractivity contribution in [1.82, 2.24) is 0 Å². The lowest BCUT2D eigenvalue weighted by atomic mass is 9.94. The van der Waals surface area contributed by atoms with Crippen LogP contribution in [0, 0.1) is 0 Å². The van der Waals surface area contributed by atoms with Crippen molar-refractivity contribution in [2.45, 2.75) is 63.4 Å². The minimum absolute atomic E-state index is 0.00150. The monoisotopic (exact) mass is 562 g/mol. The van der Waals surface area contributed by atoms with Crippen LogP contribution < -0.4 is 9.64 Å². The number of nitrogens with zero attached hydrogens (tertiary/aromatic N) is 2. The summed E-state index contributed by atoms with van der Waals surface area (Å²) < 4.78 is 42.2. The van der Waals surface area contributed by atoms with E-state index in [0.29, 0.717) is 28.5 Å². The van der Waals surface area contributed by atoms with Gasteiger partial charge in [-0.05, 0) is 66.8 Å². The number of halogens is 3. The highest BCUT2D eigenvalue weighted by Gasteiger charge is 2.46. The summed E-state index contributed by atoms with van der Waals surface area (Å²) >= 11 is 8.03. The van der Waals surface area contributed by atoms with Gasteiger partial charge in [-0.25, -0.2) is 0 Å². The van der Waals surface area contributed by atoms with Crippen LogP contribution in [0.4, 0.5) is 14.5 Å². The molecule has 9 heteroatoms. The summed E-state index contributed by atoms with van der Waals surface area (Å²) in [5.41, 5.74) is 3.79. The SMILES string of the molecule is CCOC(=O)C[C@H]1S[C@H](c2cccc(OC)c2CC)c2cc(Cl)ccc2N2C1=NCC(C)=C2C(F)(F)CC. The average molecular weight is 563 g/mol. The molecule has 0 saturated carbocycles. The van der Waals surface area contributed by atoms with Crippen LogP contribution >= 0.6 is 23.4 Å². The molecular weight excluding hydrogens is 530 g/mol. The molecule has 0 aliphatic carbocycles. The number of carbonyl (C=O) groups is 1. The number of amidine groups is 1. The van der Waals surface area contributed by atoms with Crippen LogP contribution in [-0.4, -0.2) is 43.2 Å². The number of fused-ring (bicyclic) bond motifs is 3. The molecule has 4 rings (SSSR count). The number of anilines is 1. The lowest BCUT2D eigenvalue weighted by molar-refractivity contribution is -0.142. The maximum absolute atomic E-state index is 15.6. The first kappa shape index (κ1) is 28.4. The summed E-state index contributed by atoms with van der Waals surface area (Å²) in [5, 5.41) is -0.352. The van der Waals surface area contributed by atoms with Crippen LogP contribution in [0.15, 0.2) is 52.7 Å². The number of rotatable bonds is 8. The number of carbonyl (C=O) groups excluding carboxylic acids is 1. The van der Waals surface area contributed by atoms with Crippen LogP contribution in [0.25, 0.3) is 0 Å². The molecule has 0 bridgehead atoms. The van der Waals surface area contributed by atoms with Crippen LogP contribution in [-0.2, 0) is 16.0 Å². The molecular formula is C29H33ClF2N2O3S. The third-order valence-electron chi connectivity index (χ3n) is 6.91. The van der Waals surface area contributed by atoms with Gasteiger partial charge in [0, 0.05) is 11.4 Å². The van der Waals surface area contributed by atoms with Gasteiger partial charge < -0.3 is 9.47 Å². The smallest absolute Gasteiger partial charge is 0.307 e. The number of allylic oxidation sites excluding steroid dienone is 1. The van der Waals surface area contributed by atoms with Gasteiger partial charge in [0.1, 0.15) is 11.6 Å². The highest BCUT2D eigenvalue weighted by atomic mass is 35.5. The molecule has 5 nitrogen and oxygen atoms in total. The van der Waals surface area contributed by atoms with Gasteiger partial charge in [-0.1, -0.05) is 37.6 Å². The fourth-order valence-corrected chi connectivity index (χ4v) is 6.92. The number of hydrogen-bond acceptors (Lipinski definition) is 6. The maximum atomic E-state index is 15.6. The van der Waals surface area contributed by atoms with Crippen molar-refractivity contribution in [2.24, 2.45) is 4.99 Å². The van der Waals surface area contributed by atoms with Crippen LogP contribution in [0.5, 0.6) is 5.75 Å². The lowest BCUT2D eigenvalue weighted by Crippen LogP contribution is -2.46. The minimum atomic E-state index is -3.09. The first-order valence-corrected chi connectivity index (χ1v) is 14.2. The van der Waals surface area contributed by atoms with Gasteiger partial charge in [0.15, 0.2) is 0 Å². The maximum Gasteiger partial charge on any atom is 0.307 e. The first-order chi connectivity index (χ1) is 18.2. The highest BCUT2D eigenvalue weighted by Crippen LogP contribution is 2.52. The molecule has 0 aromatic heterocycles. The Morgan fingerprint density at radius 2 is 1.97 bits per heavy atom. The molecule has 0 spiro atoms. The second-order valence-electron chi connectivity index (χ2n) is 9.30. The Balaban J connectivity index is 2.01. The second-order valence-corrected chi connectivity index (χ2v) is 11.0. The van der Waals surface area contributed by atoms with E-state index >= 15 is 8.78 Å². The molecule has 0 saturated heterocycles. The fourth-order valence-electron chi connectivity index (χ4n) is 5.17. The normalized spacial score (nSPS) is 19.4. The van der Waals surface area contributed by atoms with Crippen molar-refractivity contribution >= 4 is 40.9 Å². The van der Waals surface area contributed by atoms with Gasteiger partial charge in [0.25, 0.3) is 5.92 Å². The fraction of sp³-hybridized carbons (Fsp3) is 0.448. The predicted molar refractivity (Wildman–Crippen MR) is 151 cm³/mol. The summed E-state index contributed by atoms with van der Waals surface area (Å²) in [4.78, 5) is 19.1. The van der Waals surface area contributed by atoms with Crippen molar-refractivity contribution in [3.63, 3.8) is 0 Å². The van der Waals surface area contributed by atoms with Crippen molar-refractivity contribution in [3.05, 3.63) is 69.4 Å². The summed E-state index contributed by atoms with van der Waals surface area (Å²) in [5.74, 6) is -2.30. The summed E-state index contributed by atoms with van der Waals surface area (Å²) in [6.45, 7) is 7.35. The second kappa shape index (κ2) is 11.7. The van der Waals surface area contributed by atoms with E-state index in [1.54, 1.807) is 38.0 Å². The quantitative estimate of drug-likeness (QED) is 0.310. The largest absolute Gasteiger partial charge is 0.496 e. The Hall–Kier alpha value is -2.58. The molecule has 204 valence electrons. The number of hydrogen-bond donors (Lipinski definition) is 0. The van der Waals surface area contributed by atoms with Gasteiger partial charge >= 0.3 is 5.97 Å². The van der Waals surface area contributed by atoms with Crippen molar-refractivity contribution in [1.29, 1.82) is 0 Å². The Morgan fingerprint density at radius 3 is 2.63 bits per heavy atom. The van der Waals surface area contributed by atoms with Crippen molar-refractivity contribution in [3.8, 4) is 5.75 Å². The topological polar surface area (TPSA) is 51.1 Å². The van der Waals surface area contributed by atoms with E-state index in [4.69, 9.17) is 26.1 Å². The Labute approximate surface area is 232 Å². The van der Waals surface area contributed by atoms with Crippen molar-refractivity contribution in [2.75, 3.05) is 25.2 Å². The zero-order valence-electron chi connectivity index (χ0n) is 22.3. The van der Waals surface area contributed by atoms with E-state index in [2.05, 4.69) is 6.92 Å². The number of benzene rings is 2. The van der Waals surface area contributed by atoms with Crippen molar-refractivity contribution < 1.29 is 23.0 Å². The van der Waals surface area contributed by atoms with Gasteiger partial charge in [0.05, 0.1) is 48.6 Å². The zero-order valence-corrected chi connectivity index (χ0v) is 23.9. The first-order valence-electron chi connectivity index (χ1n) is 12.9. The zero-order chi connectivity index (χ0) is 27.6. The Bertz CT molecular complexity index is 1280. The molecule has 0 radical (unpaired) electrons. The van der Waals surface area contributed by atoms with Gasteiger partial charge in [-0.15, -0.1) is 11.8 Å². The standard InChI is InChI=1S/C29H33ClF2N2O3S/c1-6-19-20(10-9-11-23(19)36-5)26-21-14-18(30)12-13-22(21)34-27(29(31,32)7-2)17(4)16-33-28(34)24(38-26)15-25(35)37-8-3/h9-14,24,26H,6-8,15-16H2,1-5H3/t24-,26-/m1/s1. The Morgan fingerprint density at radius 1 is 1.21 bits per heavy atom. The number of alkyl halides is 2. The molecule has 2 heterocycles. The molecule has 2 aliphatic heterocycles. The van der Waals surface area contributed by atoms with Gasteiger partial charge in [0.2, 0.25) is 0 Å². The summed E-state index contributed by atoms with van der Waals surface area (Å²) in [6, 6.07) is 11.2. The van der Waals surface area contributed by atoms with Crippen LogP contribution in [0.1, 0.15) is 62.5 Å². The van der Waals surface area contributed by atoms with Gasteiger partial charge in [-0.3, -0.25) is 14.7 Å². The number of thioether (sulfide) groups is 1. The number of methoxy groups -OCH3 is 1. The van der Waals surface area contributed by atoms with E-state index in [1.165, 1.54) is 18.7 Å². The lowest BCUT2D eigenvalue weighted by Gasteiger charge is -2.38. The molecule has 38 heavy (non-hydrogen) atoms.